The quantitative estimate of drug-likeness (QED) is 0.824. The van der Waals surface area contributed by atoms with Gasteiger partial charge in [0.1, 0.15) is 0 Å². The molecule has 0 bridgehead atoms. The molecule has 2 aromatic carbocycles. The lowest BCUT2D eigenvalue weighted by molar-refractivity contribution is 0.0951. The van der Waals surface area contributed by atoms with Gasteiger partial charge in [-0.2, -0.15) is 0 Å². The second kappa shape index (κ2) is 7.57. The maximum atomic E-state index is 12.1. The number of carbonyl (C=O) groups excluding carboxylic acids is 1. The van der Waals surface area contributed by atoms with Gasteiger partial charge in [-0.3, -0.25) is 4.79 Å². The van der Waals surface area contributed by atoms with Gasteiger partial charge in [-0.1, -0.05) is 24.3 Å². The number of nitrogens with one attached hydrogen (secondary N) is 1. The van der Waals surface area contributed by atoms with E-state index in [1.54, 1.807) is 0 Å². The molecule has 0 atom stereocenters. The Morgan fingerprint density at radius 3 is 2.29 bits per heavy atom. The number of sulfonamides is 1. The Morgan fingerprint density at radius 2 is 1.71 bits per heavy atom. The summed E-state index contributed by atoms with van der Waals surface area (Å²) >= 11 is 0. The maximum Gasteiger partial charge on any atom is 0.251 e. The first-order chi connectivity index (χ1) is 11.3. The molecule has 0 aromatic heterocycles. The Kier molecular flexibility index (Phi) is 5.71. The van der Waals surface area contributed by atoms with Crippen LogP contribution >= 0.6 is 0 Å². The van der Waals surface area contributed by atoms with Crippen LogP contribution in [0.15, 0.2) is 53.4 Å². The lowest BCUT2D eigenvalue weighted by Crippen LogP contribution is -2.23. The zero-order valence-electron chi connectivity index (χ0n) is 13.7. The van der Waals surface area contributed by atoms with Crippen LogP contribution in [0.2, 0.25) is 0 Å². The third-order valence-corrected chi connectivity index (χ3v) is 4.32. The van der Waals surface area contributed by atoms with Crippen molar-refractivity contribution in [1.29, 1.82) is 0 Å². The summed E-state index contributed by atoms with van der Waals surface area (Å²) in [5.41, 5.74) is 2.56. The molecule has 0 radical (unpaired) electrons. The van der Waals surface area contributed by atoms with Crippen LogP contribution < -0.4 is 10.5 Å². The summed E-state index contributed by atoms with van der Waals surface area (Å²) < 4.78 is 22.4. The van der Waals surface area contributed by atoms with Crippen molar-refractivity contribution in [2.75, 3.05) is 14.1 Å². The molecule has 1 amide bonds. The van der Waals surface area contributed by atoms with Crippen LogP contribution in [0.25, 0.3) is 0 Å². The van der Waals surface area contributed by atoms with Gasteiger partial charge in [0.05, 0.1) is 4.90 Å². The average molecular weight is 347 g/mol. The number of benzene rings is 2. The molecule has 7 heteroatoms. The highest BCUT2D eigenvalue weighted by Gasteiger charge is 2.10. The molecule has 0 aliphatic rings. The van der Waals surface area contributed by atoms with E-state index in [-0.39, 0.29) is 10.8 Å². The molecule has 3 N–H and O–H groups in total. The van der Waals surface area contributed by atoms with E-state index < -0.39 is 10.0 Å². The number of rotatable bonds is 6. The van der Waals surface area contributed by atoms with Gasteiger partial charge < -0.3 is 10.2 Å². The van der Waals surface area contributed by atoms with Crippen LogP contribution in [-0.4, -0.2) is 33.3 Å². The number of carbonyl (C=O) groups is 1. The van der Waals surface area contributed by atoms with Gasteiger partial charge in [0.2, 0.25) is 10.0 Å². The molecule has 0 spiro atoms. The van der Waals surface area contributed by atoms with Crippen LogP contribution in [0.5, 0.6) is 0 Å². The maximum absolute atomic E-state index is 12.1. The average Bonchev–Trinajstić information content (AvgIpc) is 2.51. The minimum atomic E-state index is -3.75. The van der Waals surface area contributed by atoms with Crippen molar-refractivity contribution in [1.82, 2.24) is 10.2 Å². The van der Waals surface area contributed by atoms with Crippen molar-refractivity contribution in [3.63, 3.8) is 0 Å². The lowest BCUT2D eigenvalue weighted by Gasteiger charge is -2.11. The van der Waals surface area contributed by atoms with Crippen molar-refractivity contribution in [3.05, 3.63) is 65.2 Å². The molecule has 0 unspecified atom stereocenters. The molecule has 24 heavy (non-hydrogen) atoms. The number of hydrogen-bond acceptors (Lipinski definition) is 4. The van der Waals surface area contributed by atoms with E-state index in [0.717, 1.165) is 12.1 Å². The summed E-state index contributed by atoms with van der Waals surface area (Å²) in [6, 6.07) is 13.5. The number of nitrogens with zero attached hydrogens (tertiary/aromatic N) is 1. The van der Waals surface area contributed by atoms with Gasteiger partial charge in [0.25, 0.3) is 5.91 Å². The zero-order chi connectivity index (χ0) is 17.7. The van der Waals surface area contributed by atoms with E-state index in [4.69, 9.17) is 5.14 Å². The molecule has 0 aliphatic carbocycles. The highest BCUT2D eigenvalue weighted by atomic mass is 32.2. The topological polar surface area (TPSA) is 92.5 Å². The van der Waals surface area contributed by atoms with Crippen LogP contribution in [-0.2, 0) is 23.1 Å². The predicted octanol–water partition coefficient (Wildman–Crippen LogP) is 1.33. The zero-order valence-corrected chi connectivity index (χ0v) is 14.5. The molecular formula is C17H21N3O3S. The summed E-state index contributed by atoms with van der Waals surface area (Å²) in [5, 5.41) is 7.86. The molecule has 0 heterocycles. The largest absolute Gasteiger partial charge is 0.348 e. The summed E-state index contributed by atoms with van der Waals surface area (Å²) in [5.74, 6) is -0.269. The first-order valence-corrected chi connectivity index (χ1v) is 8.94. The monoisotopic (exact) mass is 347 g/mol. The molecule has 0 saturated carbocycles. The normalized spacial score (nSPS) is 11.5. The van der Waals surface area contributed by atoms with Gasteiger partial charge in [-0.15, -0.1) is 0 Å². The highest BCUT2D eigenvalue weighted by Crippen LogP contribution is 2.10. The number of amides is 1. The lowest BCUT2D eigenvalue weighted by atomic mass is 10.1. The van der Waals surface area contributed by atoms with E-state index in [1.807, 2.05) is 38.4 Å². The van der Waals surface area contributed by atoms with E-state index in [0.29, 0.717) is 12.1 Å². The number of nitrogens with two attached hydrogens (primary N) is 1. The van der Waals surface area contributed by atoms with Crippen molar-refractivity contribution in [3.8, 4) is 0 Å². The van der Waals surface area contributed by atoms with Crippen LogP contribution in [0.4, 0.5) is 0 Å². The summed E-state index contributed by atoms with van der Waals surface area (Å²) in [4.78, 5) is 14.2. The smallest absolute Gasteiger partial charge is 0.251 e. The summed E-state index contributed by atoms with van der Waals surface area (Å²) in [6.07, 6.45) is 0. The molecule has 6 nitrogen and oxygen atoms in total. The molecule has 0 aliphatic heterocycles. The SMILES string of the molecule is CN(C)Cc1cccc(CNC(=O)c2ccc(S(N)(=O)=O)cc2)c1. The van der Waals surface area contributed by atoms with Crippen molar-refractivity contribution in [2.45, 2.75) is 18.0 Å². The Bertz CT molecular complexity index is 815. The fourth-order valence-electron chi connectivity index (χ4n) is 2.28. The van der Waals surface area contributed by atoms with Gasteiger partial charge in [0.15, 0.2) is 0 Å². The van der Waals surface area contributed by atoms with Gasteiger partial charge >= 0.3 is 0 Å². The van der Waals surface area contributed by atoms with Crippen LogP contribution in [0.3, 0.4) is 0 Å². The summed E-state index contributed by atoms with van der Waals surface area (Å²) in [7, 11) is 0.248. The highest BCUT2D eigenvalue weighted by molar-refractivity contribution is 7.89. The second-order valence-electron chi connectivity index (χ2n) is 5.81. The standard InChI is InChI=1S/C17H21N3O3S/c1-20(2)12-14-5-3-4-13(10-14)11-19-17(21)15-6-8-16(9-7-15)24(18,22)23/h3-10H,11-12H2,1-2H3,(H,19,21)(H2,18,22,23). The minimum absolute atomic E-state index is 0.0181. The van der Waals surface area contributed by atoms with E-state index in [2.05, 4.69) is 10.2 Å². The first-order valence-electron chi connectivity index (χ1n) is 7.39. The Labute approximate surface area is 142 Å². The van der Waals surface area contributed by atoms with Gasteiger partial charge in [-0.05, 0) is 49.5 Å². The minimum Gasteiger partial charge on any atom is -0.348 e. The van der Waals surface area contributed by atoms with Crippen molar-refractivity contribution in [2.24, 2.45) is 5.14 Å². The van der Waals surface area contributed by atoms with Crippen molar-refractivity contribution >= 4 is 15.9 Å². The van der Waals surface area contributed by atoms with Crippen molar-refractivity contribution < 1.29 is 13.2 Å². The fourth-order valence-corrected chi connectivity index (χ4v) is 2.80. The molecule has 0 fully saturated rings. The van der Waals surface area contributed by atoms with Crippen LogP contribution in [0, 0.1) is 0 Å². The third-order valence-electron chi connectivity index (χ3n) is 3.39. The summed E-state index contributed by atoms with van der Waals surface area (Å²) in [6.45, 7) is 1.23. The first kappa shape index (κ1) is 18.1. The van der Waals surface area contributed by atoms with E-state index in [9.17, 15) is 13.2 Å². The third kappa shape index (κ3) is 5.16. The predicted molar refractivity (Wildman–Crippen MR) is 92.8 cm³/mol. The van der Waals surface area contributed by atoms with Gasteiger partial charge in [-0.25, -0.2) is 13.6 Å². The fraction of sp³-hybridized carbons (Fsp3) is 0.235. The Morgan fingerprint density at radius 1 is 1.08 bits per heavy atom. The number of hydrogen-bond donors (Lipinski definition) is 2. The van der Waals surface area contributed by atoms with Crippen LogP contribution in [0.1, 0.15) is 21.5 Å². The molecule has 0 saturated heterocycles. The molecular weight excluding hydrogens is 326 g/mol. The molecule has 2 aromatic rings. The second-order valence-corrected chi connectivity index (χ2v) is 7.37. The molecule has 2 rings (SSSR count). The number of primary sulfonamides is 1. The van der Waals surface area contributed by atoms with E-state index in [1.165, 1.54) is 29.8 Å². The molecule has 128 valence electrons. The Hall–Kier alpha value is -2.22. The van der Waals surface area contributed by atoms with E-state index >= 15 is 0 Å². The van der Waals surface area contributed by atoms with Gasteiger partial charge in [0, 0.05) is 18.7 Å². The Balaban J connectivity index is 2.00.